The molecule has 15 aromatic carbocycles. The molecule has 23 rings (SSSR count). The molecule has 108 heavy (non-hydrogen) atoms. The predicted octanol–water partition coefficient (Wildman–Crippen LogP) is 26.1. The predicted molar refractivity (Wildman–Crippen MR) is 447 cm³/mol. The van der Waals surface area contributed by atoms with Crippen LogP contribution in [0.1, 0.15) is 0 Å². The van der Waals surface area contributed by atoms with Crippen molar-refractivity contribution in [1.29, 1.82) is 0 Å². The Kier molecular flexibility index (Phi) is 14.1. The fourth-order valence-electron chi connectivity index (χ4n) is 16.0. The highest BCUT2D eigenvalue weighted by atomic mass is 32.1. The van der Waals surface area contributed by atoms with E-state index < -0.39 is 0 Å². The van der Waals surface area contributed by atoms with Crippen LogP contribution >= 0.6 is 22.7 Å². The van der Waals surface area contributed by atoms with Crippen LogP contribution in [0.25, 0.3) is 219 Å². The average Bonchev–Trinajstić information content (AvgIpc) is 1.56. The van der Waals surface area contributed by atoms with Crippen molar-refractivity contribution in [2.75, 3.05) is 0 Å². The first-order valence-corrected chi connectivity index (χ1v) is 37.6. The molecule has 0 bridgehead atoms. The molecule has 0 radical (unpaired) electrons. The number of fused-ring (bicyclic) bond motifs is 20. The average molecular weight is 1420 g/mol. The Morgan fingerprint density at radius 2 is 0.546 bits per heavy atom. The van der Waals surface area contributed by atoms with E-state index in [1.54, 1.807) is 22.7 Å². The van der Waals surface area contributed by atoms with E-state index in [-0.39, 0.29) is 0 Å². The maximum Gasteiger partial charge on any atom is 0.164 e. The summed E-state index contributed by atoms with van der Waals surface area (Å²) in [7, 11) is 0. The van der Waals surface area contributed by atoms with Gasteiger partial charge in [-0.05, 0) is 108 Å². The Balaban J connectivity index is 0.000000135. The Morgan fingerprint density at radius 1 is 0.222 bits per heavy atom. The highest BCUT2D eigenvalue weighted by Gasteiger charge is 2.25. The van der Waals surface area contributed by atoms with Crippen LogP contribution in [0.4, 0.5) is 0 Å². The maximum absolute atomic E-state index is 6.91. The Morgan fingerprint density at radius 3 is 1.01 bits per heavy atom. The summed E-state index contributed by atoms with van der Waals surface area (Å²) in [6, 6.07) is 119. The molecule has 0 aliphatic heterocycles. The molecule has 0 atom stereocenters. The third-order valence-corrected chi connectivity index (χ3v) is 23.2. The largest absolute Gasteiger partial charge is 0.454 e. The second-order valence-electron chi connectivity index (χ2n) is 27.2. The minimum Gasteiger partial charge on any atom is -0.454 e. The number of para-hydroxylation sites is 4. The van der Waals surface area contributed by atoms with Crippen molar-refractivity contribution in [3.05, 3.63) is 340 Å². The lowest BCUT2D eigenvalue weighted by atomic mass is 10.0. The second-order valence-corrected chi connectivity index (χ2v) is 29.3. The van der Waals surface area contributed by atoms with Gasteiger partial charge in [0, 0.05) is 128 Å². The number of nitrogens with zero attached hydrogens (tertiary/aromatic N) is 8. The van der Waals surface area contributed by atoms with Gasteiger partial charge in [0.15, 0.2) is 46.1 Å². The van der Waals surface area contributed by atoms with Crippen LogP contribution in [0.2, 0.25) is 0 Å². The van der Waals surface area contributed by atoms with Crippen LogP contribution in [0.5, 0.6) is 0 Å². The summed E-state index contributed by atoms with van der Waals surface area (Å²) in [5.74, 6) is 3.71. The second kappa shape index (κ2) is 24.8. The summed E-state index contributed by atoms with van der Waals surface area (Å²) in [5.41, 5.74) is 17.7. The van der Waals surface area contributed by atoms with Gasteiger partial charge in [0.25, 0.3) is 0 Å². The zero-order chi connectivity index (χ0) is 70.9. The van der Waals surface area contributed by atoms with Crippen LogP contribution < -0.4 is 0 Å². The molecule has 10 nitrogen and oxygen atoms in total. The molecule has 0 spiro atoms. The first-order chi connectivity index (χ1) is 53.5. The highest BCUT2D eigenvalue weighted by Crippen LogP contribution is 2.46. The van der Waals surface area contributed by atoms with Gasteiger partial charge in [-0.25, -0.2) is 29.9 Å². The van der Waals surface area contributed by atoms with E-state index >= 15 is 0 Å². The molecule has 0 saturated carbocycles. The van der Waals surface area contributed by atoms with Crippen molar-refractivity contribution < 1.29 is 8.83 Å². The number of aromatic nitrogens is 8. The number of hydrogen-bond donors (Lipinski definition) is 0. The summed E-state index contributed by atoms with van der Waals surface area (Å²) >= 11 is 3.58. The smallest absolute Gasteiger partial charge is 0.164 e. The molecule has 23 aromatic rings. The third kappa shape index (κ3) is 9.99. The van der Waals surface area contributed by atoms with Crippen LogP contribution in [0, 0.1) is 0 Å². The number of benzene rings is 15. The van der Waals surface area contributed by atoms with E-state index in [2.05, 4.69) is 312 Å². The molecular formula is C96H56N8O2S2. The first-order valence-electron chi connectivity index (χ1n) is 36.0. The summed E-state index contributed by atoms with van der Waals surface area (Å²) in [4.78, 5) is 30.9. The zero-order valence-electron chi connectivity index (χ0n) is 57.5. The Bertz CT molecular complexity index is 7550. The monoisotopic (exact) mass is 1420 g/mol. The molecule has 0 aliphatic carbocycles. The van der Waals surface area contributed by atoms with Gasteiger partial charge in [0.1, 0.15) is 11.2 Å². The lowest BCUT2D eigenvalue weighted by molar-refractivity contribution is 0.671. The van der Waals surface area contributed by atoms with E-state index in [0.717, 1.165) is 138 Å². The lowest BCUT2D eigenvalue weighted by Crippen LogP contribution is -2.00. The summed E-state index contributed by atoms with van der Waals surface area (Å²) in [5, 5.41) is 13.7. The standard InChI is InChI=1S/C51H30N4OS.C45H26N4OS/c1-3-12-31(13-4-1)32-22-24-33(25-23-32)49-52-50(54-51(53-49)41-18-11-21-45-46(41)40-17-8-10-20-44(40)57-45)34-26-27-37-39-29-28-38-36-16-7-9-19-42(36)55(35-14-5-2-6-15-35)47(38)48(39)56-43(37)30-34;1-3-12-27(13-4-1)43-46-44(48-45(47-43)35-18-11-21-39-40(35)34-17-8-10-20-38(34)51-39)28-22-23-31-33-25-24-32-30-16-7-9-19-36(30)49(29-14-5-2-6-15-29)41(32)42(33)50-37(31)26-28/h1-30H;1-26H. The van der Waals surface area contributed by atoms with Gasteiger partial charge in [0.05, 0.1) is 22.1 Å². The molecule has 0 fully saturated rings. The molecule has 0 aliphatic rings. The van der Waals surface area contributed by atoms with E-state index in [0.29, 0.717) is 34.9 Å². The van der Waals surface area contributed by atoms with E-state index in [9.17, 15) is 0 Å². The molecule has 0 unspecified atom stereocenters. The van der Waals surface area contributed by atoms with Gasteiger partial charge >= 0.3 is 0 Å². The van der Waals surface area contributed by atoms with Crippen molar-refractivity contribution in [1.82, 2.24) is 39.0 Å². The molecule has 8 heterocycles. The molecule has 0 saturated heterocycles. The molecule has 8 aromatic heterocycles. The SMILES string of the molecule is c1ccc(-c2ccc(-c3nc(-c4ccc5c(c4)oc4c5ccc5c6ccccc6n(-c6ccccc6)c54)nc(-c4cccc5sc6ccccc6c45)n3)cc2)cc1.c1ccc(-c2nc(-c3ccc4c(c3)oc3c4ccc4c5ccccc5n(-c5ccccc5)c43)nc(-c3cccc4sc5ccccc5c34)n2)cc1. The molecule has 0 N–H and O–H groups in total. The van der Waals surface area contributed by atoms with Crippen molar-refractivity contribution in [2.24, 2.45) is 0 Å². The number of thiophene rings is 2. The number of hydrogen-bond acceptors (Lipinski definition) is 10. The van der Waals surface area contributed by atoms with Crippen LogP contribution in [0.15, 0.2) is 349 Å². The van der Waals surface area contributed by atoms with Crippen molar-refractivity contribution in [3.63, 3.8) is 0 Å². The fourth-order valence-corrected chi connectivity index (χ4v) is 18.3. The molecule has 0 amide bonds. The van der Waals surface area contributed by atoms with E-state index in [4.69, 9.17) is 38.7 Å². The molecule has 12 heteroatoms. The van der Waals surface area contributed by atoms with Crippen molar-refractivity contribution >= 4 is 151 Å². The summed E-state index contributed by atoms with van der Waals surface area (Å²) in [6.45, 7) is 0. The Hall–Kier alpha value is -14.0. The quantitative estimate of drug-likeness (QED) is 0.140. The normalized spacial score (nSPS) is 11.9. The van der Waals surface area contributed by atoms with Crippen LogP contribution in [-0.2, 0) is 0 Å². The maximum atomic E-state index is 6.91. The topological polar surface area (TPSA) is 113 Å². The highest BCUT2D eigenvalue weighted by molar-refractivity contribution is 7.26. The molecular weight excluding hydrogens is 1360 g/mol. The van der Waals surface area contributed by atoms with Crippen molar-refractivity contribution in [2.45, 2.75) is 0 Å². The van der Waals surface area contributed by atoms with Crippen molar-refractivity contribution in [3.8, 4) is 90.8 Å². The van der Waals surface area contributed by atoms with Gasteiger partial charge in [-0.1, -0.05) is 243 Å². The third-order valence-electron chi connectivity index (χ3n) is 20.9. The molecule has 504 valence electrons. The van der Waals surface area contributed by atoms with E-state index in [1.807, 2.05) is 36.4 Å². The van der Waals surface area contributed by atoms with Crippen LogP contribution in [-0.4, -0.2) is 39.0 Å². The summed E-state index contributed by atoms with van der Waals surface area (Å²) in [6.07, 6.45) is 0. The first kappa shape index (κ1) is 61.4. The van der Waals surface area contributed by atoms with E-state index in [1.165, 1.54) is 45.7 Å². The van der Waals surface area contributed by atoms with Gasteiger partial charge in [-0.2, -0.15) is 0 Å². The Labute approximate surface area is 624 Å². The number of furan rings is 2. The van der Waals surface area contributed by atoms with Gasteiger partial charge in [0.2, 0.25) is 0 Å². The minimum absolute atomic E-state index is 0.588. The summed E-state index contributed by atoms with van der Waals surface area (Å²) < 4.78 is 23.3. The zero-order valence-corrected chi connectivity index (χ0v) is 59.2. The number of rotatable bonds is 9. The lowest BCUT2D eigenvalue weighted by Gasteiger charge is -2.10. The van der Waals surface area contributed by atoms with Crippen LogP contribution in [0.3, 0.4) is 0 Å². The fraction of sp³-hybridized carbons (Fsp3) is 0. The van der Waals surface area contributed by atoms with Gasteiger partial charge in [-0.3, -0.25) is 0 Å². The van der Waals surface area contributed by atoms with Gasteiger partial charge < -0.3 is 18.0 Å². The van der Waals surface area contributed by atoms with Gasteiger partial charge in [-0.15, -0.1) is 22.7 Å². The minimum atomic E-state index is 0.588.